The van der Waals surface area contributed by atoms with Crippen molar-refractivity contribution in [2.75, 3.05) is 24.2 Å². The van der Waals surface area contributed by atoms with Gasteiger partial charge in [-0.05, 0) is 80.0 Å². The van der Waals surface area contributed by atoms with Crippen LogP contribution in [-0.4, -0.2) is 42.9 Å². The molecule has 1 aromatic rings. The molecule has 2 amide bonds. The van der Waals surface area contributed by atoms with Crippen molar-refractivity contribution in [2.24, 2.45) is 0 Å². The number of carbonyl (C=O) groups is 1. The molecule has 0 radical (unpaired) electrons. The lowest BCUT2D eigenvalue weighted by Crippen LogP contribution is -2.46. The standard InChI is InChI=1S/C21H28N2O3S/c24-20(23-11-10-21(8-3-9-21)27(25,26)13-12-23)22-19-17-6-1-4-15(17)14-16-5-2-7-18(16)19/h14H,1-13H2,(H,22,24). The predicted octanol–water partition coefficient (Wildman–Crippen LogP) is 3.24. The molecule has 146 valence electrons. The Bertz CT molecular complexity index is 870. The molecule has 1 saturated carbocycles. The van der Waals surface area contributed by atoms with E-state index in [1.807, 2.05) is 0 Å². The largest absolute Gasteiger partial charge is 0.323 e. The molecule has 1 spiro atoms. The average Bonchev–Trinajstić information content (AvgIpc) is 3.21. The number of carbonyl (C=O) groups excluding carboxylic acids is 1. The van der Waals surface area contributed by atoms with Gasteiger partial charge < -0.3 is 10.2 Å². The summed E-state index contributed by atoms with van der Waals surface area (Å²) in [5.74, 6) is 0.103. The number of nitrogens with zero attached hydrogens (tertiary/aromatic N) is 1. The van der Waals surface area contributed by atoms with Gasteiger partial charge in [-0.3, -0.25) is 0 Å². The lowest BCUT2D eigenvalue weighted by Gasteiger charge is -2.39. The Labute approximate surface area is 161 Å². The molecule has 5 nitrogen and oxygen atoms in total. The van der Waals surface area contributed by atoms with Crippen LogP contribution in [0, 0.1) is 0 Å². The second-order valence-corrected chi connectivity index (χ2v) is 11.3. The third kappa shape index (κ3) is 2.71. The maximum absolute atomic E-state index is 13.1. The molecule has 0 aromatic heterocycles. The van der Waals surface area contributed by atoms with Crippen molar-refractivity contribution < 1.29 is 13.2 Å². The highest BCUT2D eigenvalue weighted by Gasteiger charge is 2.50. The van der Waals surface area contributed by atoms with Crippen molar-refractivity contribution >= 4 is 21.6 Å². The smallest absolute Gasteiger partial charge is 0.321 e. The number of anilines is 1. The molecule has 27 heavy (non-hydrogen) atoms. The van der Waals surface area contributed by atoms with E-state index < -0.39 is 14.6 Å². The fourth-order valence-corrected chi connectivity index (χ4v) is 7.75. The van der Waals surface area contributed by atoms with Crippen LogP contribution in [0.1, 0.15) is 60.8 Å². The van der Waals surface area contributed by atoms with Crippen LogP contribution < -0.4 is 5.32 Å². The van der Waals surface area contributed by atoms with Gasteiger partial charge in [0.25, 0.3) is 0 Å². The molecule has 4 aliphatic rings. The first-order valence-corrected chi connectivity index (χ1v) is 12.1. The van der Waals surface area contributed by atoms with Gasteiger partial charge in [0, 0.05) is 18.8 Å². The van der Waals surface area contributed by atoms with E-state index in [2.05, 4.69) is 11.4 Å². The molecule has 1 aliphatic heterocycles. The molecular weight excluding hydrogens is 360 g/mol. The van der Waals surface area contributed by atoms with Crippen LogP contribution >= 0.6 is 0 Å². The number of hydrogen-bond acceptors (Lipinski definition) is 3. The minimum atomic E-state index is -3.10. The summed E-state index contributed by atoms with van der Waals surface area (Å²) in [6, 6.07) is 2.25. The molecule has 5 rings (SSSR count). The zero-order valence-corrected chi connectivity index (χ0v) is 16.7. The molecule has 2 fully saturated rings. The molecular formula is C21H28N2O3S. The van der Waals surface area contributed by atoms with Crippen molar-refractivity contribution in [1.82, 2.24) is 4.90 Å². The van der Waals surface area contributed by atoms with Gasteiger partial charge in [0.1, 0.15) is 0 Å². The third-order valence-electron chi connectivity index (χ3n) is 7.38. The summed E-state index contributed by atoms with van der Waals surface area (Å²) in [6.45, 7) is 0.857. The number of hydrogen-bond donors (Lipinski definition) is 1. The fraction of sp³-hybridized carbons (Fsp3) is 0.667. The van der Waals surface area contributed by atoms with Gasteiger partial charge in [0.05, 0.1) is 10.5 Å². The number of nitrogens with one attached hydrogen (secondary N) is 1. The Kier molecular flexibility index (Phi) is 4.04. The second kappa shape index (κ2) is 6.23. The first-order chi connectivity index (χ1) is 13.0. The van der Waals surface area contributed by atoms with Crippen LogP contribution in [0.2, 0.25) is 0 Å². The van der Waals surface area contributed by atoms with Gasteiger partial charge in [-0.25, -0.2) is 13.2 Å². The van der Waals surface area contributed by atoms with E-state index >= 15 is 0 Å². The number of urea groups is 1. The maximum atomic E-state index is 13.1. The first-order valence-electron chi connectivity index (χ1n) is 10.4. The monoisotopic (exact) mass is 388 g/mol. The van der Waals surface area contributed by atoms with E-state index in [0.717, 1.165) is 63.5 Å². The van der Waals surface area contributed by atoms with Gasteiger partial charge in [-0.1, -0.05) is 12.5 Å². The first kappa shape index (κ1) is 17.5. The lowest BCUT2D eigenvalue weighted by atomic mass is 9.81. The summed E-state index contributed by atoms with van der Waals surface area (Å²) in [5, 5.41) is 3.22. The van der Waals surface area contributed by atoms with Crippen molar-refractivity contribution in [3.63, 3.8) is 0 Å². The summed E-state index contributed by atoms with van der Waals surface area (Å²) in [4.78, 5) is 14.8. The van der Waals surface area contributed by atoms with E-state index in [-0.39, 0.29) is 11.8 Å². The van der Waals surface area contributed by atoms with Crippen molar-refractivity contribution in [3.05, 3.63) is 28.3 Å². The van der Waals surface area contributed by atoms with Gasteiger partial charge in [0.15, 0.2) is 9.84 Å². The van der Waals surface area contributed by atoms with E-state index in [1.165, 1.54) is 22.3 Å². The Balaban J connectivity index is 1.39. The highest BCUT2D eigenvalue weighted by Crippen LogP contribution is 2.44. The Morgan fingerprint density at radius 2 is 1.59 bits per heavy atom. The number of benzene rings is 1. The highest BCUT2D eigenvalue weighted by molar-refractivity contribution is 7.92. The van der Waals surface area contributed by atoms with Crippen LogP contribution in [0.5, 0.6) is 0 Å². The van der Waals surface area contributed by atoms with Crippen LogP contribution in [0.4, 0.5) is 10.5 Å². The minimum Gasteiger partial charge on any atom is -0.323 e. The number of aryl methyl sites for hydroxylation is 2. The topological polar surface area (TPSA) is 66.5 Å². The number of amides is 2. The molecule has 1 heterocycles. The molecule has 0 atom stereocenters. The zero-order valence-electron chi connectivity index (χ0n) is 15.8. The van der Waals surface area contributed by atoms with Gasteiger partial charge in [0.2, 0.25) is 0 Å². The number of rotatable bonds is 1. The molecule has 6 heteroatoms. The molecule has 1 aromatic carbocycles. The fourth-order valence-electron chi connectivity index (χ4n) is 5.54. The van der Waals surface area contributed by atoms with E-state index in [1.54, 1.807) is 4.90 Å². The maximum Gasteiger partial charge on any atom is 0.321 e. The number of sulfone groups is 1. The predicted molar refractivity (Wildman–Crippen MR) is 106 cm³/mol. The summed E-state index contributed by atoms with van der Waals surface area (Å²) in [7, 11) is -3.10. The van der Waals surface area contributed by atoms with Gasteiger partial charge in [-0.15, -0.1) is 0 Å². The Morgan fingerprint density at radius 3 is 2.19 bits per heavy atom. The van der Waals surface area contributed by atoms with Crippen LogP contribution in [-0.2, 0) is 35.5 Å². The normalized spacial score (nSPS) is 24.8. The van der Waals surface area contributed by atoms with E-state index in [9.17, 15) is 13.2 Å². The lowest BCUT2D eigenvalue weighted by molar-refractivity contribution is 0.209. The SMILES string of the molecule is O=C(Nc1c2c(cc3c1CCC3)CCC2)N1CCC2(CCC2)S(=O)(=O)CC1. The van der Waals surface area contributed by atoms with Gasteiger partial charge in [-0.2, -0.15) is 0 Å². The minimum absolute atomic E-state index is 0.103. The number of fused-ring (bicyclic) bond motifs is 2. The third-order valence-corrected chi connectivity index (χ3v) is 10.0. The molecule has 3 aliphatic carbocycles. The average molecular weight is 389 g/mol. The van der Waals surface area contributed by atoms with E-state index in [4.69, 9.17) is 0 Å². The summed E-state index contributed by atoms with van der Waals surface area (Å²) >= 11 is 0. The molecule has 1 saturated heterocycles. The van der Waals surface area contributed by atoms with E-state index in [0.29, 0.717) is 19.5 Å². The van der Waals surface area contributed by atoms with Crippen molar-refractivity contribution in [1.29, 1.82) is 0 Å². The molecule has 0 unspecified atom stereocenters. The van der Waals surface area contributed by atoms with Gasteiger partial charge >= 0.3 is 6.03 Å². The molecule has 0 bridgehead atoms. The summed E-state index contributed by atoms with van der Waals surface area (Å²) in [6.07, 6.45) is 9.73. The summed E-state index contributed by atoms with van der Waals surface area (Å²) in [5.41, 5.74) is 6.49. The quantitative estimate of drug-likeness (QED) is 0.803. The Morgan fingerprint density at radius 1 is 0.926 bits per heavy atom. The second-order valence-electron chi connectivity index (χ2n) is 8.76. The molecule has 1 N–H and O–H groups in total. The highest BCUT2D eigenvalue weighted by atomic mass is 32.2. The summed E-state index contributed by atoms with van der Waals surface area (Å²) < 4.78 is 24.8. The Hall–Kier alpha value is -1.56. The van der Waals surface area contributed by atoms with Crippen LogP contribution in [0.15, 0.2) is 6.07 Å². The van der Waals surface area contributed by atoms with Crippen LogP contribution in [0.25, 0.3) is 0 Å². The van der Waals surface area contributed by atoms with Crippen LogP contribution in [0.3, 0.4) is 0 Å². The van der Waals surface area contributed by atoms with Crippen molar-refractivity contribution in [3.8, 4) is 0 Å². The zero-order chi connectivity index (χ0) is 18.6. The van der Waals surface area contributed by atoms with Crippen molar-refractivity contribution in [2.45, 2.75) is 69.0 Å².